The lowest BCUT2D eigenvalue weighted by Crippen LogP contribution is -2.60. The Labute approximate surface area is 194 Å². The average molecular weight is 486 g/mol. The highest BCUT2D eigenvalue weighted by atomic mass is 32.2. The summed E-state index contributed by atoms with van der Waals surface area (Å²) in [5.74, 6) is -2.52. The van der Waals surface area contributed by atoms with Crippen molar-refractivity contribution in [3.63, 3.8) is 0 Å². The Kier molecular flexibility index (Phi) is 9.38. The number of benzene rings is 1. The normalized spacial score (nSPS) is 21.0. The maximum absolute atomic E-state index is 13.7. The van der Waals surface area contributed by atoms with Crippen molar-refractivity contribution >= 4 is 27.9 Å². The van der Waals surface area contributed by atoms with Crippen LogP contribution in [0.15, 0.2) is 29.2 Å². The molecule has 2 rings (SSSR count). The first-order valence-electron chi connectivity index (χ1n) is 10.7. The highest BCUT2D eigenvalue weighted by molar-refractivity contribution is 7.89. The summed E-state index contributed by atoms with van der Waals surface area (Å²) >= 11 is 0. The summed E-state index contributed by atoms with van der Waals surface area (Å²) in [6.07, 6.45) is -2.82. The zero-order valence-corrected chi connectivity index (χ0v) is 20.3. The van der Waals surface area contributed by atoms with E-state index in [9.17, 15) is 22.8 Å². The molecule has 184 valence electrons. The van der Waals surface area contributed by atoms with Crippen molar-refractivity contribution in [2.75, 3.05) is 13.7 Å². The fraction of sp³-hybridized carbons (Fsp3) is 0.591. The zero-order chi connectivity index (χ0) is 24.8. The van der Waals surface area contributed by atoms with Gasteiger partial charge in [0.1, 0.15) is 6.23 Å². The first-order chi connectivity index (χ1) is 15.5. The van der Waals surface area contributed by atoms with Crippen LogP contribution >= 0.6 is 0 Å². The molecule has 1 fully saturated rings. The fourth-order valence-electron chi connectivity index (χ4n) is 3.85. The molecule has 33 heavy (non-hydrogen) atoms. The molecule has 11 heteroatoms. The van der Waals surface area contributed by atoms with Crippen molar-refractivity contribution in [1.82, 2.24) is 4.31 Å². The van der Waals surface area contributed by atoms with Gasteiger partial charge in [-0.15, -0.1) is 0 Å². The number of aryl methyl sites for hydroxylation is 1. The lowest BCUT2D eigenvalue weighted by molar-refractivity contribution is -0.188. The second kappa shape index (κ2) is 11.6. The third kappa shape index (κ3) is 6.52. The van der Waals surface area contributed by atoms with Crippen molar-refractivity contribution in [2.45, 2.75) is 76.3 Å². The van der Waals surface area contributed by atoms with Gasteiger partial charge in [-0.25, -0.2) is 13.2 Å². The van der Waals surface area contributed by atoms with Gasteiger partial charge in [-0.3, -0.25) is 9.59 Å². The van der Waals surface area contributed by atoms with Gasteiger partial charge in [0.05, 0.1) is 17.5 Å². The standard InChI is InChI=1S/C22H31NO9S/c1-6-30-22(26)21(32-16(4)25)20(31-15(3)24)18-8-7-9-19(29-5)23(18)33(27,28)17-12-10-14(2)11-13-17/h10-13,18-21H,6-9H2,1-5H3/t18-,19?,20-,21-/m0/s1. The Balaban J connectivity index is 2.61. The molecule has 1 aromatic rings. The van der Waals surface area contributed by atoms with Crippen LogP contribution in [-0.2, 0) is 43.4 Å². The van der Waals surface area contributed by atoms with E-state index in [2.05, 4.69) is 0 Å². The summed E-state index contributed by atoms with van der Waals surface area (Å²) in [6.45, 7) is 5.60. The number of ether oxygens (including phenoxy) is 4. The largest absolute Gasteiger partial charge is 0.463 e. The molecule has 1 saturated heterocycles. The third-order valence-electron chi connectivity index (χ3n) is 5.22. The van der Waals surface area contributed by atoms with E-state index in [-0.39, 0.29) is 17.9 Å². The van der Waals surface area contributed by atoms with Gasteiger partial charge >= 0.3 is 17.9 Å². The first-order valence-corrected chi connectivity index (χ1v) is 12.1. The molecule has 0 spiro atoms. The second-order valence-corrected chi connectivity index (χ2v) is 9.54. The molecule has 0 amide bonds. The van der Waals surface area contributed by atoms with E-state index in [4.69, 9.17) is 18.9 Å². The number of piperidine rings is 1. The van der Waals surface area contributed by atoms with Gasteiger partial charge in [0, 0.05) is 21.0 Å². The predicted octanol–water partition coefficient (Wildman–Crippen LogP) is 1.94. The lowest BCUT2D eigenvalue weighted by Gasteiger charge is -2.43. The predicted molar refractivity (Wildman–Crippen MR) is 116 cm³/mol. The van der Waals surface area contributed by atoms with Gasteiger partial charge in [-0.05, 0) is 45.2 Å². The summed E-state index contributed by atoms with van der Waals surface area (Å²) < 4.78 is 49.6. The topological polar surface area (TPSA) is 126 Å². The molecule has 0 bridgehead atoms. The Morgan fingerprint density at radius 1 is 1.06 bits per heavy atom. The Hall–Kier alpha value is -2.50. The maximum Gasteiger partial charge on any atom is 0.351 e. The molecule has 1 heterocycles. The number of nitrogens with zero attached hydrogens (tertiary/aromatic N) is 1. The van der Waals surface area contributed by atoms with Crippen molar-refractivity contribution in [1.29, 1.82) is 0 Å². The molecule has 1 aliphatic heterocycles. The molecule has 4 atom stereocenters. The molecule has 10 nitrogen and oxygen atoms in total. The fourth-order valence-corrected chi connectivity index (χ4v) is 5.66. The van der Waals surface area contributed by atoms with E-state index in [1.165, 1.54) is 19.2 Å². The molecule has 1 aliphatic rings. The van der Waals surface area contributed by atoms with Crippen LogP contribution in [0.1, 0.15) is 45.6 Å². The van der Waals surface area contributed by atoms with Crippen LogP contribution in [0.4, 0.5) is 0 Å². The number of hydrogen-bond donors (Lipinski definition) is 0. The highest BCUT2D eigenvalue weighted by Crippen LogP contribution is 2.34. The molecule has 0 saturated carbocycles. The number of carbonyl (C=O) groups is 3. The summed E-state index contributed by atoms with van der Waals surface area (Å²) in [5.41, 5.74) is 0.877. The van der Waals surface area contributed by atoms with E-state index in [0.29, 0.717) is 12.8 Å². The monoisotopic (exact) mass is 485 g/mol. The molecule has 0 aromatic heterocycles. The number of hydrogen-bond acceptors (Lipinski definition) is 9. The zero-order valence-electron chi connectivity index (χ0n) is 19.5. The van der Waals surface area contributed by atoms with Crippen molar-refractivity contribution in [2.24, 2.45) is 0 Å². The minimum Gasteiger partial charge on any atom is -0.463 e. The van der Waals surface area contributed by atoms with Crippen LogP contribution in [0, 0.1) is 6.92 Å². The van der Waals surface area contributed by atoms with Crippen molar-refractivity contribution in [3.05, 3.63) is 29.8 Å². The van der Waals surface area contributed by atoms with Crippen LogP contribution in [-0.4, -0.2) is 68.8 Å². The van der Waals surface area contributed by atoms with Crippen LogP contribution in [0.25, 0.3) is 0 Å². The third-order valence-corrected chi connectivity index (χ3v) is 7.15. The smallest absolute Gasteiger partial charge is 0.351 e. The summed E-state index contributed by atoms with van der Waals surface area (Å²) in [4.78, 5) is 36.4. The molecule has 0 radical (unpaired) electrons. The quantitative estimate of drug-likeness (QED) is 0.381. The van der Waals surface area contributed by atoms with Gasteiger partial charge in [-0.2, -0.15) is 4.31 Å². The van der Waals surface area contributed by atoms with Crippen LogP contribution in [0.2, 0.25) is 0 Å². The van der Waals surface area contributed by atoms with E-state index < -0.39 is 52.4 Å². The van der Waals surface area contributed by atoms with Crippen LogP contribution in [0.5, 0.6) is 0 Å². The van der Waals surface area contributed by atoms with Crippen LogP contribution < -0.4 is 0 Å². The number of methoxy groups -OCH3 is 1. The summed E-state index contributed by atoms with van der Waals surface area (Å²) in [7, 11) is -2.77. The Morgan fingerprint density at radius 2 is 1.67 bits per heavy atom. The number of carbonyl (C=O) groups excluding carboxylic acids is 3. The van der Waals surface area contributed by atoms with Crippen LogP contribution in [0.3, 0.4) is 0 Å². The maximum atomic E-state index is 13.7. The van der Waals surface area contributed by atoms with Gasteiger partial charge in [0.25, 0.3) is 0 Å². The van der Waals surface area contributed by atoms with Gasteiger partial charge in [0.2, 0.25) is 16.1 Å². The molecular weight excluding hydrogens is 454 g/mol. The summed E-state index contributed by atoms with van der Waals surface area (Å²) in [6, 6.07) is 5.22. The van der Waals surface area contributed by atoms with Crippen molar-refractivity contribution in [3.8, 4) is 0 Å². The number of esters is 3. The average Bonchev–Trinajstić information content (AvgIpc) is 2.75. The van der Waals surface area contributed by atoms with Gasteiger partial charge < -0.3 is 18.9 Å². The SMILES string of the molecule is CCOC(=O)[C@@H](OC(C)=O)[C@@H](OC(C)=O)[C@@H]1CCCC(OC)N1S(=O)(=O)c1ccc(C)cc1. The highest BCUT2D eigenvalue weighted by Gasteiger charge is 2.50. The Bertz CT molecular complexity index is 945. The first kappa shape index (κ1) is 26.7. The molecule has 1 unspecified atom stereocenters. The summed E-state index contributed by atoms with van der Waals surface area (Å²) in [5, 5.41) is 0. The Morgan fingerprint density at radius 3 is 2.18 bits per heavy atom. The molecule has 0 aliphatic carbocycles. The minimum absolute atomic E-state index is 0.0138. The van der Waals surface area contributed by atoms with E-state index >= 15 is 0 Å². The van der Waals surface area contributed by atoms with E-state index in [1.807, 2.05) is 6.92 Å². The van der Waals surface area contributed by atoms with E-state index in [0.717, 1.165) is 23.7 Å². The van der Waals surface area contributed by atoms with Gasteiger partial charge in [-0.1, -0.05) is 17.7 Å². The lowest BCUT2D eigenvalue weighted by atomic mass is 9.95. The number of sulfonamides is 1. The molecule has 0 N–H and O–H groups in total. The minimum atomic E-state index is -4.15. The molecular formula is C22H31NO9S. The number of rotatable bonds is 9. The van der Waals surface area contributed by atoms with Gasteiger partial charge in [0.15, 0.2) is 6.10 Å². The van der Waals surface area contributed by atoms with Crippen molar-refractivity contribution < 1.29 is 41.7 Å². The second-order valence-electron chi connectivity index (χ2n) is 7.69. The van der Waals surface area contributed by atoms with E-state index in [1.54, 1.807) is 19.1 Å². The molecule has 1 aromatic carbocycles.